The van der Waals surface area contributed by atoms with Crippen molar-refractivity contribution in [1.29, 1.82) is 0 Å². The molecule has 1 saturated heterocycles. The molecule has 2 rings (SSSR count). The van der Waals surface area contributed by atoms with Crippen molar-refractivity contribution in [2.45, 2.75) is 38.8 Å². The minimum atomic E-state index is -0.167. The zero-order valence-corrected chi connectivity index (χ0v) is 11.3. The second kappa shape index (κ2) is 5.81. The van der Waals surface area contributed by atoms with Gasteiger partial charge in [-0.2, -0.15) is 0 Å². The maximum absolute atomic E-state index is 12.9. The van der Waals surface area contributed by atoms with Crippen molar-refractivity contribution in [1.82, 2.24) is 4.90 Å². The molecule has 1 aromatic rings. The van der Waals surface area contributed by atoms with Crippen LogP contribution in [0.2, 0.25) is 0 Å². The van der Waals surface area contributed by atoms with Gasteiger partial charge in [0.1, 0.15) is 5.82 Å². The Morgan fingerprint density at radius 3 is 2.61 bits per heavy atom. The first-order valence-electron chi connectivity index (χ1n) is 6.78. The van der Waals surface area contributed by atoms with Crippen molar-refractivity contribution in [3.05, 3.63) is 35.6 Å². The van der Waals surface area contributed by atoms with Crippen LogP contribution in [0.15, 0.2) is 24.3 Å². The van der Waals surface area contributed by atoms with Crippen LogP contribution in [0.3, 0.4) is 0 Å². The normalized spacial score (nSPS) is 27.1. The summed E-state index contributed by atoms with van der Waals surface area (Å²) in [6, 6.07) is 7.58. The van der Waals surface area contributed by atoms with Gasteiger partial charge in [-0.3, -0.25) is 4.90 Å². The Morgan fingerprint density at radius 1 is 1.33 bits per heavy atom. The third-order valence-electron chi connectivity index (χ3n) is 3.79. The van der Waals surface area contributed by atoms with Crippen molar-refractivity contribution in [2.75, 3.05) is 13.1 Å². The highest BCUT2D eigenvalue weighted by molar-refractivity contribution is 5.17. The van der Waals surface area contributed by atoms with E-state index in [1.54, 1.807) is 0 Å². The number of likely N-dealkylation sites (tertiary alicyclic amines) is 1. The summed E-state index contributed by atoms with van der Waals surface area (Å²) in [7, 11) is 0. The Balaban J connectivity index is 1.94. The van der Waals surface area contributed by atoms with Gasteiger partial charge in [0.2, 0.25) is 0 Å². The first-order valence-corrected chi connectivity index (χ1v) is 6.78. The van der Waals surface area contributed by atoms with E-state index in [2.05, 4.69) is 18.7 Å². The first kappa shape index (κ1) is 13.5. The van der Waals surface area contributed by atoms with E-state index in [0.717, 1.165) is 25.9 Å². The summed E-state index contributed by atoms with van der Waals surface area (Å²) >= 11 is 0. The average Bonchev–Trinajstić information content (AvgIpc) is 2.31. The molecule has 0 radical (unpaired) electrons. The van der Waals surface area contributed by atoms with Gasteiger partial charge < -0.3 is 5.73 Å². The largest absolute Gasteiger partial charge is 0.327 e. The van der Waals surface area contributed by atoms with Gasteiger partial charge in [-0.1, -0.05) is 19.1 Å². The van der Waals surface area contributed by atoms with Crippen LogP contribution in [0.25, 0.3) is 0 Å². The molecular weight excluding hydrogens is 227 g/mol. The van der Waals surface area contributed by atoms with Crippen LogP contribution in [0.1, 0.15) is 25.8 Å². The molecule has 2 N–H and O–H groups in total. The van der Waals surface area contributed by atoms with E-state index in [4.69, 9.17) is 5.73 Å². The van der Waals surface area contributed by atoms with Crippen molar-refractivity contribution in [2.24, 2.45) is 11.7 Å². The molecule has 0 amide bonds. The fourth-order valence-corrected chi connectivity index (χ4v) is 2.89. The molecular formula is C15H23FN2. The van der Waals surface area contributed by atoms with E-state index in [1.165, 1.54) is 17.7 Å². The van der Waals surface area contributed by atoms with Gasteiger partial charge in [-0.05, 0) is 43.4 Å². The van der Waals surface area contributed by atoms with E-state index in [0.29, 0.717) is 18.0 Å². The second-order valence-corrected chi connectivity index (χ2v) is 5.73. The molecule has 1 heterocycles. The molecule has 1 aliphatic heterocycles. The van der Waals surface area contributed by atoms with E-state index in [-0.39, 0.29) is 5.82 Å². The molecule has 0 bridgehead atoms. The quantitative estimate of drug-likeness (QED) is 0.892. The van der Waals surface area contributed by atoms with Gasteiger partial charge >= 0.3 is 0 Å². The van der Waals surface area contributed by atoms with Crippen LogP contribution in [-0.4, -0.2) is 30.1 Å². The number of benzene rings is 1. The van der Waals surface area contributed by atoms with E-state index in [9.17, 15) is 4.39 Å². The highest BCUT2D eigenvalue weighted by atomic mass is 19.1. The summed E-state index contributed by atoms with van der Waals surface area (Å²) in [5, 5.41) is 0. The van der Waals surface area contributed by atoms with E-state index in [1.807, 2.05) is 12.1 Å². The molecule has 1 aromatic carbocycles. The minimum Gasteiger partial charge on any atom is -0.327 e. The molecule has 0 aromatic heterocycles. The van der Waals surface area contributed by atoms with Gasteiger partial charge in [0, 0.05) is 25.2 Å². The topological polar surface area (TPSA) is 29.3 Å². The summed E-state index contributed by atoms with van der Waals surface area (Å²) in [5.74, 6) is 0.504. The molecule has 3 atom stereocenters. The number of hydrogen-bond acceptors (Lipinski definition) is 2. The second-order valence-electron chi connectivity index (χ2n) is 5.73. The van der Waals surface area contributed by atoms with Crippen LogP contribution < -0.4 is 5.73 Å². The van der Waals surface area contributed by atoms with Gasteiger partial charge in [-0.15, -0.1) is 0 Å². The molecule has 2 nitrogen and oxygen atoms in total. The number of piperidine rings is 1. The van der Waals surface area contributed by atoms with Gasteiger partial charge in [0.15, 0.2) is 0 Å². The lowest BCUT2D eigenvalue weighted by Crippen LogP contribution is -2.50. The molecule has 18 heavy (non-hydrogen) atoms. The predicted molar refractivity (Wildman–Crippen MR) is 72.9 cm³/mol. The lowest BCUT2D eigenvalue weighted by Gasteiger charge is -2.38. The molecule has 0 spiro atoms. The van der Waals surface area contributed by atoms with Crippen molar-refractivity contribution < 1.29 is 4.39 Å². The van der Waals surface area contributed by atoms with Crippen molar-refractivity contribution in [3.8, 4) is 0 Å². The number of halogens is 1. The lowest BCUT2D eigenvalue weighted by molar-refractivity contribution is 0.123. The molecule has 100 valence electrons. The van der Waals surface area contributed by atoms with Crippen LogP contribution in [0.5, 0.6) is 0 Å². The van der Waals surface area contributed by atoms with Gasteiger partial charge in [0.05, 0.1) is 0 Å². The minimum absolute atomic E-state index is 0.167. The third-order valence-corrected chi connectivity index (χ3v) is 3.79. The maximum atomic E-state index is 12.9. The third kappa shape index (κ3) is 3.53. The summed E-state index contributed by atoms with van der Waals surface area (Å²) in [5.41, 5.74) is 7.27. The molecule has 0 aliphatic carbocycles. The molecule has 0 saturated carbocycles. The monoisotopic (exact) mass is 250 g/mol. The highest BCUT2D eigenvalue weighted by Gasteiger charge is 2.25. The Hall–Kier alpha value is -0.930. The summed E-state index contributed by atoms with van der Waals surface area (Å²) in [6.45, 7) is 6.59. The van der Waals surface area contributed by atoms with E-state index < -0.39 is 0 Å². The van der Waals surface area contributed by atoms with Crippen LogP contribution in [0.4, 0.5) is 4.39 Å². The number of rotatable bonds is 3. The molecule has 1 aliphatic rings. The Labute approximate surface area is 109 Å². The predicted octanol–water partition coefficient (Wildman–Crippen LogP) is 2.43. The Morgan fingerprint density at radius 2 is 2.00 bits per heavy atom. The fraction of sp³-hybridized carbons (Fsp3) is 0.600. The molecule has 3 heteroatoms. The van der Waals surface area contributed by atoms with Gasteiger partial charge in [-0.25, -0.2) is 4.39 Å². The number of nitrogens with zero attached hydrogens (tertiary/aromatic N) is 1. The Kier molecular flexibility index (Phi) is 4.36. The zero-order valence-electron chi connectivity index (χ0n) is 11.3. The van der Waals surface area contributed by atoms with Gasteiger partial charge in [0.25, 0.3) is 0 Å². The average molecular weight is 250 g/mol. The molecule has 1 fully saturated rings. The Bertz CT molecular complexity index is 367. The highest BCUT2D eigenvalue weighted by Crippen LogP contribution is 2.19. The summed E-state index contributed by atoms with van der Waals surface area (Å²) in [4.78, 5) is 2.46. The molecule has 3 unspecified atom stereocenters. The smallest absolute Gasteiger partial charge is 0.123 e. The van der Waals surface area contributed by atoms with Crippen LogP contribution >= 0.6 is 0 Å². The first-order chi connectivity index (χ1) is 8.54. The summed E-state index contributed by atoms with van der Waals surface area (Å²) < 4.78 is 12.9. The zero-order chi connectivity index (χ0) is 13.1. The number of nitrogens with two attached hydrogens (primary N) is 1. The standard InChI is InChI=1S/C15H23FN2/c1-11-7-15(17)10-18(9-11)12(2)8-13-3-5-14(16)6-4-13/h3-6,11-12,15H,7-10,17H2,1-2H3. The fourth-order valence-electron chi connectivity index (χ4n) is 2.89. The van der Waals surface area contributed by atoms with E-state index >= 15 is 0 Å². The number of hydrogen-bond donors (Lipinski definition) is 1. The van der Waals surface area contributed by atoms with Crippen LogP contribution in [-0.2, 0) is 6.42 Å². The van der Waals surface area contributed by atoms with Crippen LogP contribution in [0, 0.1) is 11.7 Å². The van der Waals surface area contributed by atoms with Crippen molar-refractivity contribution >= 4 is 0 Å². The maximum Gasteiger partial charge on any atom is 0.123 e. The van der Waals surface area contributed by atoms with Crippen molar-refractivity contribution in [3.63, 3.8) is 0 Å². The lowest BCUT2D eigenvalue weighted by atomic mass is 9.94. The summed E-state index contributed by atoms with van der Waals surface area (Å²) in [6.07, 6.45) is 2.08. The SMILES string of the molecule is CC1CC(N)CN(C(C)Cc2ccc(F)cc2)C1.